The van der Waals surface area contributed by atoms with E-state index in [1.54, 1.807) is 19.2 Å². The van der Waals surface area contributed by atoms with Gasteiger partial charge in [-0.05, 0) is 36.2 Å². The molecule has 0 saturated heterocycles. The molecule has 0 saturated carbocycles. The summed E-state index contributed by atoms with van der Waals surface area (Å²) in [6, 6.07) is 13.2. The first-order valence-corrected chi connectivity index (χ1v) is 6.55. The van der Waals surface area contributed by atoms with Crippen LogP contribution in [0.1, 0.15) is 22.8 Å². The number of aliphatic hydroxyl groups is 1. The Labute approximate surface area is 118 Å². The smallest absolute Gasteiger partial charge is 0.122 e. The van der Waals surface area contributed by atoms with E-state index in [1.165, 1.54) is 0 Å². The molecule has 0 aliphatic heterocycles. The van der Waals surface area contributed by atoms with Gasteiger partial charge in [0.05, 0.1) is 13.2 Å². The molecule has 0 spiro atoms. The maximum Gasteiger partial charge on any atom is 0.122 e. The van der Waals surface area contributed by atoms with E-state index in [9.17, 15) is 5.11 Å². The number of rotatable bonds is 4. The van der Waals surface area contributed by atoms with Crippen LogP contribution in [0.3, 0.4) is 0 Å². The van der Waals surface area contributed by atoms with E-state index in [-0.39, 0.29) is 0 Å². The van der Waals surface area contributed by atoms with Crippen molar-refractivity contribution in [2.24, 2.45) is 0 Å². The Kier molecular flexibility index (Phi) is 4.46. The largest absolute Gasteiger partial charge is 0.496 e. The highest BCUT2D eigenvalue weighted by atomic mass is 35.5. The topological polar surface area (TPSA) is 29.5 Å². The summed E-state index contributed by atoms with van der Waals surface area (Å²) in [5.74, 6) is 0.804. The molecule has 0 aliphatic carbocycles. The van der Waals surface area contributed by atoms with E-state index in [2.05, 4.69) is 0 Å². The van der Waals surface area contributed by atoms with Crippen molar-refractivity contribution in [1.82, 2.24) is 0 Å². The number of hydrogen-bond donors (Lipinski definition) is 1. The second-order valence-electron chi connectivity index (χ2n) is 4.59. The highest BCUT2D eigenvalue weighted by Gasteiger charge is 2.12. The first-order chi connectivity index (χ1) is 9.10. The first-order valence-electron chi connectivity index (χ1n) is 6.17. The number of methoxy groups -OCH3 is 1. The molecule has 0 bridgehead atoms. The van der Waals surface area contributed by atoms with Crippen molar-refractivity contribution in [2.75, 3.05) is 7.11 Å². The summed E-state index contributed by atoms with van der Waals surface area (Å²) in [6.07, 6.45) is -0.0417. The normalized spacial score (nSPS) is 12.2. The van der Waals surface area contributed by atoms with Crippen LogP contribution < -0.4 is 4.74 Å². The third kappa shape index (κ3) is 3.49. The van der Waals surface area contributed by atoms with Gasteiger partial charge in [0.15, 0.2) is 0 Å². The molecule has 0 heterocycles. The Balaban J connectivity index is 2.20. The van der Waals surface area contributed by atoms with Crippen LogP contribution in [-0.4, -0.2) is 12.2 Å². The maximum absolute atomic E-state index is 10.3. The van der Waals surface area contributed by atoms with Gasteiger partial charge in [-0.1, -0.05) is 41.4 Å². The zero-order valence-corrected chi connectivity index (χ0v) is 11.8. The zero-order chi connectivity index (χ0) is 13.8. The quantitative estimate of drug-likeness (QED) is 0.917. The summed E-state index contributed by atoms with van der Waals surface area (Å²) in [4.78, 5) is 0. The van der Waals surface area contributed by atoms with Gasteiger partial charge in [-0.3, -0.25) is 0 Å². The van der Waals surface area contributed by atoms with Gasteiger partial charge in [0.1, 0.15) is 5.75 Å². The minimum absolute atomic E-state index is 0.520. The SMILES string of the molecule is COc1ccc(C)cc1CC(O)c1ccc(Cl)cc1. The van der Waals surface area contributed by atoms with E-state index in [1.807, 2.05) is 37.3 Å². The monoisotopic (exact) mass is 276 g/mol. The van der Waals surface area contributed by atoms with E-state index in [0.717, 1.165) is 22.4 Å². The molecule has 2 nitrogen and oxygen atoms in total. The van der Waals surface area contributed by atoms with Crippen LogP contribution in [0.25, 0.3) is 0 Å². The predicted molar refractivity (Wildman–Crippen MR) is 77.8 cm³/mol. The van der Waals surface area contributed by atoms with E-state index < -0.39 is 6.10 Å². The third-order valence-electron chi connectivity index (χ3n) is 3.10. The van der Waals surface area contributed by atoms with Gasteiger partial charge in [-0.15, -0.1) is 0 Å². The highest BCUT2D eigenvalue weighted by molar-refractivity contribution is 6.30. The van der Waals surface area contributed by atoms with Crippen molar-refractivity contribution < 1.29 is 9.84 Å². The summed E-state index contributed by atoms with van der Waals surface area (Å²) < 4.78 is 5.32. The number of aryl methyl sites for hydroxylation is 1. The van der Waals surface area contributed by atoms with Crippen molar-refractivity contribution in [1.29, 1.82) is 0 Å². The fraction of sp³-hybridized carbons (Fsp3) is 0.250. The molecule has 1 unspecified atom stereocenters. The Bertz CT molecular complexity index is 549. The van der Waals surface area contributed by atoms with Crippen LogP contribution in [-0.2, 0) is 6.42 Å². The van der Waals surface area contributed by atoms with Gasteiger partial charge in [-0.25, -0.2) is 0 Å². The fourth-order valence-corrected chi connectivity index (χ4v) is 2.20. The molecule has 2 aromatic carbocycles. The lowest BCUT2D eigenvalue weighted by atomic mass is 9.99. The molecule has 0 aromatic heterocycles. The van der Waals surface area contributed by atoms with Gasteiger partial charge in [0.2, 0.25) is 0 Å². The molecule has 2 rings (SSSR count). The van der Waals surface area contributed by atoms with Gasteiger partial charge in [0.25, 0.3) is 0 Å². The molecule has 0 amide bonds. The number of benzene rings is 2. The number of aliphatic hydroxyl groups excluding tert-OH is 1. The third-order valence-corrected chi connectivity index (χ3v) is 3.36. The fourth-order valence-electron chi connectivity index (χ4n) is 2.08. The average Bonchev–Trinajstić information content (AvgIpc) is 2.39. The number of halogens is 1. The van der Waals surface area contributed by atoms with Crippen molar-refractivity contribution in [3.05, 3.63) is 64.2 Å². The predicted octanol–water partition coefficient (Wildman–Crippen LogP) is 3.93. The van der Waals surface area contributed by atoms with Crippen LogP contribution in [0, 0.1) is 6.92 Å². The molecule has 1 atom stereocenters. The van der Waals surface area contributed by atoms with Crippen molar-refractivity contribution in [3.8, 4) is 5.75 Å². The van der Waals surface area contributed by atoms with Gasteiger partial charge in [0, 0.05) is 11.4 Å². The lowest BCUT2D eigenvalue weighted by Gasteiger charge is -2.14. The van der Waals surface area contributed by atoms with Gasteiger partial charge >= 0.3 is 0 Å². The van der Waals surface area contributed by atoms with Crippen molar-refractivity contribution in [2.45, 2.75) is 19.4 Å². The molecule has 3 heteroatoms. The molecule has 0 radical (unpaired) electrons. The molecule has 100 valence electrons. The molecule has 1 N–H and O–H groups in total. The van der Waals surface area contributed by atoms with Crippen LogP contribution in [0.4, 0.5) is 0 Å². The summed E-state index contributed by atoms with van der Waals surface area (Å²) in [6.45, 7) is 2.03. The summed E-state index contributed by atoms with van der Waals surface area (Å²) in [5, 5.41) is 10.9. The van der Waals surface area contributed by atoms with Gasteiger partial charge in [-0.2, -0.15) is 0 Å². The number of hydrogen-bond acceptors (Lipinski definition) is 2. The Morgan fingerprint density at radius 1 is 1.16 bits per heavy atom. The van der Waals surface area contributed by atoms with E-state index in [4.69, 9.17) is 16.3 Å². The number of ether oxygens (including phenoxy) is 1. The van der Waals surface area contributed by atoms with Crippen molar-refractivity contribution in [3.63, 3.8) is 0 Å². The van der Waals surface area contributed by atoms with Gasteiger partial charge < -0.3 is 9.84 Å². The van der Waals surface area contributed by atoms with Crippen molar-refractivity contribution >= 4 is 11.6 Å². The molecule has 2 aromatic rings. The lowest BCUT2D eigenvalue weighted by molar-refractivity contribution is 0.177. The second kappa shape index (κ2) is 6.09. The minimum atomic E-state index is -0.562. The first kappa shape index (κ1) is 13.9. The Hall–Kier alpha value is -1.51. The zero-order valence-electron chi connectivity index (χ0n) is 11.1. The van der Waals surface area contributed by atoms with E-state index in [0.29, 0.717) is 11.4 Å². The maximum atomic E-state index is 10.3. The van der Waals surface area contributed by atoms with Crippen LogP contribution in [0.15, 0.2) is 42.5 Å². The summed E-state index contributed by atoms with van der Waals surface area (Å²) in [7, 11) is 1.64. The molecular weight excluding hydrogens is 260 g/mol. The lowest BCUT2D eigenvalue weighted by Crippen LogP contribution is -2.03. The summed E-state index contributed by atoms with van der Waals surface area (Å²) in [5.41, 5.74) is 3.01. The standard InChI is InChI=1S/C16H17ClO2/c1-11-3-8-16(19-2)13(9-11)10-15(18)12-4-6-14(17)7-5-12/h3-9,15,18H,10H2,1-2H3. The van der Waals surface area contributed by atoms with E-state index >= 15 is 0 Å². The molecule has 19 heavy (non-hydrogen) atoms. The van der Waals surface area contributed by atoms with Crippen LogP contribution in [0.2, 0.25) is 5.02 Å². The average molecular weight is 277 g/mol. The highest BCUT2D eigenvalue weighted by Crippen LogP contribution is 2.26. The van der Waals surface area contributed by atoms with Crippen LogP contribution in [0.5, 0.6) is 5.75 Å². The Morgan fingerprint density at radius 2 is 1.84 bits per heavy atom. The molecule has 0 fully saturated rings. The van der Waals surface area contributed by atoms with Crippen LogP contribution >= 0.6 is 11.6 Å². The molecular formula is C16H17ClO2. The Morgan fingerprint density at radius 3 is 2.47 bits per heavy atom. The summed E-state index contributed by atoms with van der Waals surface area (Å²) >= 11 is 5.84. The minimum Gasteiger partial charge on any atom is -0.496 e. The molecule has 0 aliphatic rings. The second-order valence-corrected chi connectivity index (χ2v) is 5.02.